The number of carbonyl (C=O) groups excluding carboxylic acids is 2. The molecular formula is C51H65N9O5S. The number of rotatable bonds is 17. The molecule has 5 aliphatic rings. The Balaban J connectivity index is 0.890. The first kappa shape index (κ1) is 45.9. The molecule has 4 heterocycles. The molecule has 3 aromatic heterocycles. The van der Waals surface area contributed by atoms with Gasteiger partial charge in [0.2, 0.25) is 5.91 Å². The maximum Gasteiger partial charge on any atom is 0.355 e. The summed E-state index contributed by atoms with van der Waals surface area (Å²) in [5.74, 6) is -0.821. The third-order valence-electron chi connectivity index (χ3n) is 14.9. The van der Waals surface area contributed by atoms with Gasteiger partial charge in [-0.15, -0.1) is 0 Å². The molecule has 2 unspecified atom stereocenters. The average Bonchev–Trinajstić information content (AvgIpc) is 3.83. The minimum Gasteiger partial charge on any atom is -0.476 e. The molecule has 14 nitrogen and oxygen atoms in total. The number of aromatic carboxylic acids is 1. The molecule has 15 heteroatoms. The molecule has 10 rings (SSSR count). The molecule has 4 N–H and O–H groups in total. The number of para-hydroxylation sites is 1. The number of likely N-dealkylation sites (N-methyl/N-ethyl adjacent to an activating group) is 1. The molecular weight excluding hydrogens is 851 g/mol. The summed E-state index contributed by atoms with van der Waals surface area (Å²) >= 11 is 1.44. The quantitative estimate of drug-likeness (QED) is 0.0772. The zero-order chi connectivity index (χ0) is 46.6. The Morgan fingerprint density at radius 2 is 1.70 bits per heavy atom. The monoisotopic (exact) mass is 915 g/mol. The lowest BCUT2D eigenvalue weighted by Crippen LogP contribution is -2.64. The Morgan fingerprint density at radius 3 is 2.44 bits per heavy atom. The number of benzene rings is 2. The maximum absolute atomic E-state index is 13.7. The molecule has 4 aliphatic carbocycles. The number of nitrogens with zero attached hydrogens (tertiary/aromatic N) is 7. The van der Waals surface area contributed by atoms with E-state index in [0.29, 0.717) is 67.7 Å². The highest BCUT2D eigenvalue weighted by Crippen LogP contribution is 2.72. The van der Waals surface area contributed by atoms with Crippen LogP contribution in [0.1, 0.15) is 109 Å². The van der Waals surface area contributed by atoms with Crippen LogP contribution in [0.2, 0.25) is 0 Å². The lowest BCUT2D eigenvalue weighted by Gasteiger charge is -2.69. The van der Waals surface area contributed by atoms with E-state index in [4.69, 9.17) is 20.6 Å². The van der Waals surface area contributed by atoms with Crippen LogP contribution >= 0.6 is 11.3 Å². The molecule has 0 saturated heterocycles. The van der Waals surface area contributed by atoms with Gasteiger partial charge in [0.15, 0.2) is 10.8 Å². The molecule has 350 valence electrons. The van der Waals surface area contributed by atoms with Gasteiger partial charge in [-0.3, -0.25) is 19.6 Å². The minimum absolute atomic E-state index is 0.0280. The first-order valence-electron chi connectivity index (χ1n) is 23.5. The first-order chi connectivity index (χ1) is 31.4. The highest BCUT2D eigenvalue weighted by atomic mass is 32.1. The van der Waals surface area contributed by atoms with Crippen molar-refractivity contribution in [2.24, 2.45) is 22.0 Å². The van der Waals surface area contributed by atoms with Gasteiger partial charge in [-0.2, -0.15) is 5.10 Å². The van der Waals surface area contributed by atoms with Gasteiger partial charge in [0.25, 0.3) is 5.91 Å². The second-order valence-electron chi connectivity index (χ2n) is 21.1. The van der Waals surface area contributed by atoms with Crippen molar-refractivity contribution in [1.82, 2.24) is 29.5 Å². The van der Waals surface area contributed by atoms with Crippen LogP contribution in [0, 0.1) is 23.2 Å². The number of nitrogens with two attached hydrogens (primary N) is 1. The van der Waals surface area contributed by atoms with E-state index in [2.05, 4.69) is 52.7 Å². The Hall–Kier alpha value is -5.22. The third-order valence-corrected chi connectivity index (χ3v) is 15.8. The van der Waals surface area contributed by atoms with E-state index in [0.717, 1.165) is 84.1 Å². The number of thiazole rings is 1. The number of anilines is 2. The lowest BCUT2D eigenvalue weighted by atomic mass is 9.39. The van der Waals surface area contributed by atoms with Crippen LogP contribution < -0.4 is 16.0 Å². The van der Waals surface area contributed by atoms with E-state index in [1.54, 1.807) is 11.1 Å². The Morgan fingerprint density at radius 1 is 0.924 bits per heavy atom. The summed E-state index contributed by atoms with van der Waals surface area (Å²) in [5.41, 5.74) is 11.8. The number of carboxylic acid groups (broad SMARTS) is 1. The van der Waals surface area contributed by atoms with Crippen LogP contribution in [0.25, 0.3) is 21.3 Å². The summed E-state index contributed by atoms with van der Waals surface area (Å²) in [7, 11) is 5.95. The number of hydrogen-bond acceptors (Lipinski definition) is 11. The summed E-state index contributed by atoms with van der Waals surface area (Å²) in [6.45, 7) is 10.6. The number of carboxylic acids is 1. The van der Waals surface area contributed by atoms with Crippen LogP contribution in [0.5, 0.6) is 0 Å². The molecule has 4 bridgehead atoms. The highest BCUT2D eigenvalue weighted by Gasteiger charge is 2.66. The molecule has 5 aromatic rings. The molecule has 0 radical (unpaired) electrons. The standard InChI is InChI=1S/C51H65N9O5S/c1-33-37(24-53-60(33)32-50-27-48(2)26-49(3,28-50)30-51(29-48,31-50)65-23-22-58(6)45(62)39(52)14-9-10-20-57(4)5)35-17-18-42(55-43(35)46(63)64)59-21-19-34-12-11-13-36(38(34)25-59)44(61)56-47-54-40-15-7-8-16-41(40)66-47/h7-8,11-13,15-18,24,39H,9-10,14,19-23,25-32,52H2,1-6H3,(H,63,64)(H,54,56,61)/t39-,48?,49?,50?,51?/m0/s1. The van der Waals surface area contributed by atoms with Gasteiger partial charge in [-0.05, 0) is 143 Å². The van der Waals surface area contributed by atoms with Crippen molar-refractivity contribution >= 4 is 50.3 Å². The van der Waals surface area contributed by atoms with E-state index in [1.807, 2.05) is 68.6 Å². The molecule has 4 saturated carbocycles. The van der Waals surface area contributed by atoms with Gasteiger partial charge in [-0.25, -0.2) is 14.8 Å². The second kappa shape index (κ2) is 17.8. The smallest absolute Gasteiger partial charge is 0.355 e. The van der Waals surface area contributed by atoms with Crippen LogP contribution in [-0.4, -0.2) is 111 Å². The number of amides is 2. The number of unbranched alkanes of at least 4 members (excludes halogenated alkanes) is 1. The van der Waals surface area contributed by atoms with Crippen LogP contribution in [0.4, 0.5) is 10.9 Å². The van der Waals surface area contributed by atoms with Crippen LogP contribution in [0.15, 0.2) is 60.8 Å². The zero-order valence-corrected chi connectivity index (χ0v) is 40.2. The summed E-state index contributed by atoms with van der Waals surface area (Å²) in [6.07, 6.45) is 11.4. The molecule has 4 fully saturated rings. The highest BCUT2D eigenvalue weighted by molar-refractivity contribution is 7.22. The van der Waals surface area contributed by atoms with Gasteiger partial charge >= 0.3 is 5.97 Å². The zero-order valence-electron chi connectivity index (χ0n) is 39.4. The van der Waals surface area contributed by atoms with Crippen LogP contribution in [-0.2, 0) is 29.0 Å². The first-order valence-corrected chi connectivity index (χ1v) is 24.4. The fourth-order valence-corrected chi connectivity index (χ4v) is 14.0. The molecule has 66 heavy (non-hydrogen) atoms. The Kier molecular flexibility index (Phi) is 12.4. The van der Waals surface area contributed by atoms with Gasteiger partial charge in [0.05, 0.1) is 34.7 Å². The molecule has 0 spiro atoms. The minimum atomic E-state index is -1.11. The summed E-state index contributed by atoms with van der Waals surface area (Å²) in [6, 6.07) is 16.8. The summed E-state index contributed by atoms with van der Waals surface area (Å²) < 4.78 is 10.1. The fraction of sp³-hybridized carbons (Fsp3) is 0.529. The van der Waals surface area contributed by atoms with Gasteiger partial charge < -0.3 is 30.3 Å². The van der Waals surface area contributed by atoms with E-state index >= 15 is 0 Å². The third kappa shape index (κ3) is 9.23. The van der Waals surface area contributed by atoms with E-state index in [9.17, 15) is 19.5 Å². The van der Waals surface area contributed by atoms with Gasteiger partial charge in [0, 0.05) is 55.6 Å². The number of hydrogen-bond donors (Lipinski definition) is 3. The second-order valence-corrected chi connectivity index (χ2v) is 22.1. The SMILES string of the molecule is Cc1c(-c2ccc(N3CCc4cccc(C(=O)Nc5nc6ccccc6s5)c4C3)nc2C(=O)O)cnn1CC12CC3(C)CC(C)(C1)CC(OCCN(C)C(=O)[C@@H](N)CCCCN(C)C)(C3)C2. The van der Waals surface area contributed by atoms with E-state index in [1.165, 1.54) is 17.8 Å². The molecule has 2 aromatic carbocycles. The average molecular weight is 916 g/mol. The number of nitrogens with one attached hydrogen (secondary N) is 1. The van der Waals surface area contributed by atoms with Gasteiger partial charge in [0.1, 0.15) is 5.82 Å². The van der Waals surface area contributed by atoms with Crippen molar-refractivity contribution in [2.45, 2.75) is 110 Å². The van der Waals surface area contributed by atoms with Crippen molar-refractivity contribution in [3.05, 3.63) is 88.9 Å². The largest absolute Gasteiger partial charge is 0.476 e. The summed E-state index contributed by atoms with van der Waals surface area (Å²) in [5, 5.41) is 19.1. The molecule has 2 amide bonds. The summed E-state index contributed by atoms with van der Waals surface area (Å²) in [4.78, 5) is 55.2. The van der Waals surface area contributed by atoms with Crippen molar-refractivity contribution in [2.75, 3.05) is 57.6 Å². The van der Waals surface area contributed by atoms with Crippen molar-refractivity contribution in [1.29, 1.82) is 0 Å². The van der Waals surface area contributed by atoms with Gasteiger partial charge in [-0.1, -0.05) is 55.9 Å². The van der Waals surface area contributed by atoms with Crippen molar-refractivity contribution < 1.29 is 24.2 Å². The number of pyridine rings is 1. The Bertz CT molecular complexity index is 2610. The maximum atomic E-state index is 13.7. The predicted octanol–water partition coefficient (Wildman–Crippen LogP) is 8.03. The number of aromatic nitrogens is 4. The van der Waals surface area contributed by atoms with E-state index in [-0.39, 0.29) is 39.4 Å². The van der Waals surface area contributed by atoms with E-state index < -0.39 is 12.0 Å². The number of fused-ring (bicyclic) bond motifs is 2. The fourth-order valence-electron chi connectivity index (χ4n) is 13.1. The Labute approximate surface area is 391 Å². The lowest BCUT2D eigenvalue weighted by molar-refractivity contribution is -0.248. The topological polar surface area (TPSA) is 172 Å². The van der Waals surface area contributed by atoms with Crippen molar-refractivity contribution in [3.8, 4) is 11.1 Å². The predicted molar refractivity (Wildman–Crippen MR) is 259 cm³/mol. The van der Waals surface area contributed by atoms with Crippen LogP contribution in [0.3, 0.4) is 0 Å². The number of ether oxygens (including phenoxy) is 1. The number of carbonyl (C=O) groups is 3. The molecule has 3 atom stereocenters. The molecule has 1 aliphatic heterocycles. The normalized spacial score (nSPS) is 24.8. The van der Waals surface area contributed by atoms with Crippen molar-refractivity contribution in [3.63, 3.8) is 0 Å².